The third-order valence-electron chi connectivity index (χ3n) is 6.57. The molecule has 3 aromatic heterocycles. The number of hydrogen-bond donors (Lipinski definition) is 3. The molecule has 36 heavy (non-hydrogen) atoms. The van der Waals surface area contributed by atoms with Crippen LogP contribution in [0.3, 0.4) is 0 Å². The van der Waals surface area contributed by atoms with E-state index in [-0.39, 0.29) is 11.5 Å². The topological polar surface area (TPSA) is 132 Å². The summed E-state index contributed by atoms with van der Waals surface area (Å²) in [4.78, 5) is 25.4. The van der Waals surface area contributed by atoms with E-state index in [4.69, 9.17) is 0 Å². The molecule has 12 heteroatoms. The lowest BCUT2D eigenvalue weighted by molar-refractivity contribution is 0.580. The summed E-state index contributed by atoms with van der Waals surface area (Å²) in [5, 5.41) is 7.57. The first-order valence-electron chi connectivity index (χ1n) is 12.0. The molecular weight excluding hydrogens is 478 g/mol. The van der Waals surface area contributed by atoms with Gasteiger partial charge in [0.25, 0.3) is 0 Å². The molecule has 4 aromatic rings. The first-order valence-corrected chi connectivity index (χ1v) is 13.8. The van der Waals surface area contributed by atoms with Crippen molar-refractivity contribution in [2.45, 2.75) is 0 Å². The number of sulfone groups is 1. The van der Waals surface area contributed by atoms with Gasteiger partial charge in [-0.15, -0.1) is 0 Å². The van der Waals surface area contributed by atoms with Crippen LogP contribution in [0, 0.1) is 0 Å². The van der Waals surface area contributed by atoms with E-state index in [0.717, 1.165) is 71.6 Å². The minimum Gasteiger partial charge on any atom is -0.354 e. The lowest BCUT2D eigenvalue weighted by Crippen LogP contribution is -2.44. The molecule has 0 aliphatic carbocycles. The van der Waals surface area contributed by atoms with Gasteiger partial charge in [0.05, 0.1) is 35.0 Å². The van der Waals surface area contributed by atoms with Gasteiger partial charge >= 0.3 is 0 Å². The van der Waals surface area contributed by atoms with E-state index >= 15 is 0 Å². The molecule has 1 aromatic carbocycles. The maximum Gasteiger partial charge on any atom is 0.225 e. The summed E-state index contributed by atoms with van der Waals surface area (Å²) in [6, 6.07) is 10.1. The summed E-state index contributed by atoms with van der Waals surface area (Å²) in [7, 11) is -2.96. The van der Waals surface area contributed by atoms with E-state index in [2.05, 4.69) is 40.5 Å². The van der Waals surface area contributed by atoms with Gasteiger partial charge in [0.2, 0.25) is 5.95 Å². The second-order valence-electron chi connectivity index (χ2n) is 8.99. The number of hydrogen-bond acceptors (Lipinski definition) is 10. The molecule has 186 valence electrons. The quantitative estimate of drug-likeness (QED) is 0.369. The maximum absolute atomic E-state index is 11.8. The fourth-order valence-corrected chi connectivity index (χ4v) is 5.77. The minimum atomic E-state index is -2.96. The summed E-state index contributed by atoms with van der Waals surface area (Å²) < 4.78 is 23.6. The molecule has 2 aliphatic rings. The molecule has 2 aliphatic heterocycles. The highest BCUT2D eigenvalue weighted by molar-refractivity contribution is 7.91. The molecule has 0 radical (unpaired) electrons. The molecule has 5 heterocycles. The number of aromatic nitrogens is 5. The summed E-state index contributed by atoms with van der Waals surface area (Å²) in [5.74, 6) is 1.81. The van der Waals surface area contributed by atoms with E-state index in [1.54, 1.807) is 0 Å². The van der Waals surface area contributed by atoms with Crippen molar-refractivity contribution in [3.63, 3.8) is 0 Å². The zero-order valence-corrected chi connectivity index (χ0v) is 20.5. The van der Waals surface area contributed by atoms with Gasteiger partial charge in [0.1, 0.15) is 17.8 Å². The van der Waals surface area contributed by atoms with Crippen LogP contribution >= 0.6 is 0 Å². The van der Waals surface area contributed by atoms with Crippen molar-refractivity contribution in [3.05, 3.63) is 49.1 Å². The fourth-order valence-electron chi connectivity index (χ4n) is 4.57. The van der Waals surface area contributed by atoms with Crippen LogP contribution in [-0.2, 0) is 9.84 Å². The molecular formula is C24H27N9O2S. The Kier molecular flexibility index (Phi) is 5.89. The van der Waals surface area contributed by atoms with Crippen LogP contribution < -0.4 is 20.4 Å². The van der Waals surface area contributed by atoms with Crippen LogP contribution in [-0.4, -0.2) is 84.1 Å². The standard InChI is InChI=1S/C24H27N9O2S/c34-36(35)11-9-32(10-12-36)23-20-13-21(31-22(20)28-16-29-23)17-1-3-18(4-2-17)30-19-14-26-24(27-15-19)33-7-5-25-6-8-33/h1-4,13-16,25,30H,5-12H2,(H,28,29,31). The SMILES string of the molecule is O=S1(=O)CCN(c2ncnc3[nH]c(-c4ccc(Nc5cnc(N6CCNCC6)nc5)cc4)cc23)CC1. The lowest BCUT2D eigenvalue weighted by Gasteiger charge is -2.27. The highest BCUT2D eigenvalue weighted by Gasteiger charge is 2.24. The first kappa shape index (κ1) is 22.7. The second-order valence-corrected chi connectivity index (χ2v) is 11.3. The number of nitrogens with zero attached hydrogens (tertiary/aromatic N) is 6. The molecule has 0 unspecified atom stereocenters. The Morgan fingerprint density at radius 2 is 1.56 bits per heavy atom. The zero-order chi connectivity index (χ0) is 24.5. The van der Waals surface area contributed by atoms with Crippen LogP contribution in [0.5, 0.6) is 0 Å². The summed E-state index contributed by atoms with van der Waals surface area (Å²) in [5.41, 5.74) is 4.43. The summed E-state index contributed by atoms with van der Waals surface area (Å²) in [6.45, 7) is 4.60. The molecule has 6 rings (SSSR count). The Balaban J connectivity index is 1.17. The van der Waals surface area contributed by atoms with Crippen molar-refractivity contribution in [3.8, 4) is 11.3 Å². The van der Waals surface area contributed by atoms with E-state index in [1.807, 2.05) is 47.6 Å². The number of rotatable bonds is 5. The van der Waals surface area contributed by atoms with Gasteiger partial charge < -0.3 is 25.4 Å². The van der Waals surface area contributed by atoms with Crippen molar-refractivity contribution < 1.29 is 8.42 Å². The largest absolute Gasteiger partial charge is 0.354 e. The number of anilines is 4. The van der Waals surface area contributed by atoms with Gasteiger partial charge in [0.15, 0.2) is 9.84 Å². The average molecular weight is 506 g/mol. The third-order valence-corrected chi connectivity index (χ3v) is 8.18. The number of H-pyrrole nitrogens is 1. The first-order chi connectivity index (χ1) is 17.5. The predicted octanol–water partition coefficient (Wildman–Crippen LogP) is 1.80. The molecule has 0 saturated carbocycles. The van der Waals surface area contributed by atoms with Gasteiger partial charge in [-0.05, 0) is 23.8 Å². The van der Waals surface area contributed by atoms with Crippen LogP contribution in [0.4, 0.5) is 23.1 Å². The van der Waals surface area contributed by atoms with E-state index < -0.39 is 9.84 Å². The highest BCUT2D eigenvalue weighted by atomic mass is 32.2. The van der Waals surface area contributed by atoms with Gasteiger partial charge in [-0.3, -0.25) is 0 Å². The van der Waals surface area contributed by atoms with E-state index in [1.165, 1.54) is 6.33 Å². The molecule has 3 N–H and O–H groups in total. The average Bonchev–Trinajstić information content (AvgIpc) is 3.35. The van der Waals surface area contributed by atoms with Crippen molar-refractivity contribution in [1.29, 1.82) is 0 Å². The Hall–Kier alpha value is -3.77. The monoisotopic (exact) mass is 505 g/mol. The van der Waals surface area contributed by atoms with Crippen LogP contribution in [0.1, 0.15) is 0 Å². The van der Waals surface area contributed by atoms with Crippen molar-refractivity contribution in [2.75, 3.05) is 65.9 Å². The number of aromatic amines is 1. The van der Waals surface area contributed by atoms with Crippen LogP contribution in [0.25, 0.3) is 22.3 Å². The zero-order valence-electron chi connectivity index (χ0n) is 19.7. The lowest BCUT2D eigenvalue weighted by atomic mass is 10.1. The molecule has 0 atom stereocenters. The Morgan fingerprint density at radius 1 is 0.833 bits per heavy atom. The number of nitrogens with one attached hydrogen (secondary N) is 3. The number of benzene rings is 1. The minimum absolute atomic E-state index is 0.147. The number of fused-ring (bicyclic) bond motifs is 1. The maximum atomic E-state index is 11.8. The molecule has 0 bridgehead atoms. The Morgan fingerprint density at radius 3 is 2.28 bits per heavy atom. The fraction of sp³-hybridized carbons (Fsp3) is 0.333. The van der Waals surface area contributed by atoms with Gasteiger partial charge in [-0.2, -0.15) is 0 Å². The van der Waals surface area contributed by atoms with Crippen LogP contribution in [0.15, 0.2) is 49.1 Å². The number of piperazine rings is 1. The smallest absolute Gasteiger partial charge is 0.225 e. The van der Waals surface area contributed by atoms with Gasteiger partial charge in [-0.25, -0.2) is 28.4 Å². The molecule has 2 fully saturated rings. The molecule has 0 amide bonds. The van der Waals surface area contributed by atoms with Gasteiger partial charge in [0, 0.05) is 50.6 Å². The Bertz CT molecular complexity index is 1450. The normalized spacial score (nSPS) is 17.9. The second kappa shape index (κ2) is 9.36. The van der Waals surface area contributed by atoms with E-state index in [0.29, 0.717) is 13.1 Å². The molecule has 11 nitrogen and oxygen atoms in total. The van der Waals surface area contributed by atoms with Crippen molar-refractivity contribution in [2.24, 2.45) is 0 Å². The molecule has 0 spiro atoms. The third kappa shape index (κ3) is 4.69. The highest BCUT2D eigenvalue weighted by Crippen LogP contribution is 2.30. The van der Waals surface area contributed by atoms with Crippen molar-refractivity contribution >= 4 is 44.0 Å². The summed E-state index contributed by atoms with van der Waals surface area (Å²) >= 11 is 0. The van der Waals surface area contributed by atoms with Crippen LogP contribution in [0.2, 0.25) is 0 Å². The molecule has 2 saturated heterocycles. The predicted molar refractivity (Wildman–Crippen MR) is 141 cm³/mol. The Labute approximate surface area is 208 Å². The van der Waals surface area contributed by atoms with E-state index in [9.17, 15) is 8.42 Å². The van der Waals surface area contributed by atoms with Gasteiger partial charge in [-0.1, -0.05) is 12.1 Å². The summed E-state index contributed by atoms with van der Waals surface area (Å²) in [6.07, 6.45) is 5.13. The van der Waals surface area contributed by atoms with Crippen molar-refractivity contribution in [1.82, 2.24) is 30.2 Å².